The fourth-order valence-corrected chi connectivity index (χ4v) is 2.83. The SMILES string of the molecule is CC[C@@H]1OC(=O)[C@@H](C)[C@H](O)C(C)C[C@H](C)C(=O)/C=C/[C@@]1(C)O. The minimum Gasteiger partial charge on any atom is -0.459 e. The van der Waals surface area contributed by atoms with Crippen molar-refractivity contribution in [1.29, 1.82) is 0 Å². The molecule has 0 radical (unpaired) electrons. The largest absolute Gasteiger partial charge is 0.459 e. The Morgan fingerprint density at radius 1 is 1.32 bits per heavy atom. The van der Waals surface area contributed by atoms with Gasteiger partial charge in [0.25, 0.3) is 0 Å². The van der Waals surface area contributed by atoms with Gasteiger partial charge in [-0.15, -0.1) is 0 Å². The number of hydrogen-bond donors (Lipinski definition) is 2. The van der Waals surface area contributed by atoms with E-state index >= 15 is 0 Å². The van der Waals surface area contributed by atoms with Crippen molar-refractivity contribution in [2.24, 2.45) is 17.8 Å². The predicted octanol–water partition coefficient (Wildman–Crippen LogP) is 1.86. The van der Waals surface area contributed by atoms with Gasteiger partial charge < -0.3 is 14.9 Å². The number of aliphatic hydroxyl groups is 2. The third-order valence-corrected chi connectivity index (χ3v) is 4.54. The zero-order valence-electron chi connectivity index (χ0n) is 14.1. The maximum Gasteiger partial charge on any atom is 0.311 e. The lowest BCUT2D eigenvalue weighted by Crippen LogP contribution is -2.44. The van der Waals surface area contributed by atoms with Gasteiger partial charge >= 0.3 is 5.97 Å². The second-order valence-electron chi connectivity index (χ2n) is 6.69. The van der Waals surface area contributed by atoms with Crippen molar-refractivity contribution in [2.75, 3.05) is 0 Å². The summed E-state index contributed by atoms with van der Waals surface area (Å²) in [4.78, 5) is 24.3. The maximum atomic E-state index is 12.2. The van der Waals surface area contributed by atoms with Crippen LogP contribution in [0, 0.1) is 17.8 Å². The maximum absolute atomic E-state index is 12.2. The van der Waals surface area contributed by atoms with Crippen LogP contribution in [0.1, 0.15) is 47.5 Å². The molecule has 1 heterocycles. The number of rotatable bonds is 1. The number of ketones is 1. The first-order valence-corrected chi connectivity index (χ1v) is 7.94. The molecule has 1 aliphatic rings. The minimum atomic E-state index is -1.42. The molecule has 0 aliphatic carbocycles. The van der Waals surface area contributed by atoms with Gasteiger partial charge in [0.1, 0.15) is 11.7 Å². The van der Waals surface area contributed by atoms with Crippen molar-refractivity contribution in [3.8, 4) is 0 Å². The van der Waals surface area contributed by atoms with Crippen LogP contribution in [0.4, 0.5) is 0 Å². The zero-order chi connectivity index (χ0) is 17.1. The van der Waals surface area contributed by atoms with Gasteiger partial charge in [0.2, 0.25) is 0 Å². The Morgan fingerprint density at radius 3 is 2.45 bits per heavy atom. The van der Waals surface area contributed by atoms with Crippen molar-refractivity contribution >= 4 is 11.8 Å². The van der Waals surface area contributed by atoms with Gasteiger partial charge in [-0.05, 0) is 44.8 Å². The predicted molar refractivity (Wildman–Crippen MR) is 83.1 cm³/mol. The van der Waals surface area contributed by atoms with E-state index in [1.807, 2.05) is 6.92 Å². The number of esters is 1. The van der Waals surface area contributed by atoms with Crippen LogP contribution in [-0.2, 0) is 14.3 Å². The molecule has 6 atom stereocenters. The highest BCUT2D eigenvalue weighted by Crippen LogP contribution is 2.26. The fraction of sp³-hybridized carbons (Fsp3) is 0.765. The first-order chi connectivity index (χ1) is 10.1. The number of allylic oxidation sites excluding steroid dienone is 1. The highest BCUT2D eigenvalue weighted by atomic mass is 16.6. The topological polar surface area (TPSA) is 83.8 Å². The summed E-state index contributed by atoms with van der Waals surface area (Å²) in [5, 5.41) is 20.8. The number of cyclic esters (lactones) is 1. The van der Waals surface area contributed by atoms with E-state index in [9.17, 15) is 19.8 Å². The zero-order valence-corrected chi connectivity index (χ0v) is 14.1. The summed E-state index contributed by atoms with van der Waals surface area (Å²) in [7, 11) is 0. The molecule has 0 aromatic heterocycles. The molecule has 0 spiro atoms. The fourth-order valence-electron chi connectivity index (χ4n) is 2.83. The summed E-state index contributed by atoms with van der Waals surface area (Å²) in [6.07, 6.45) is 2.00. The summed E-state index contributed by atoms with van der Waals surface area (Å²) in [5.41, 5.74) is -1.42. The van der Waals surface area contributed by atoms with Gasteiger partial charge in [0.05, 0.1) is 12.0 Å². The molecule has 5 nitrogen and oxygen atoms in total. The second-order valence-corrected chi connectivity index (χ2v) is 6.69. The molecule has 0 aromatic rings. The van der Waals surface area contributed by atoms with Gasteiger partial charge in [-0.1, -0.05) is 20.8 Å². The van der Waals surface area contributed by atoms with Crippen molar-refractivity contribution < 1.29 is 24.5 Å². The Bertz CT molecular complexity index is 440. The highest BCUT2D eigenvalue weighted by Gasteiger charge is 2.36. The molecule has 1 rings (SSSR count). The van der Waals surface area contributed by atoms with Crippen LogP contribution < -0.4 is 0 Å². The molecular weight excluding hydrogens is 284 g/mol. The third kappa shape index (κ3) is 4.40. The molecule has 0 amide bonds. The standard InChI is InChI=1S/C17H28O5/c1-6-14-17(5,21)8-7-13(18)10(2)9-11(3)15(19)12(4)16(20)22-14/h7-8,10-12,14-15,19,21H,6,9H2,1-5H3/b8-7+/t10-,11?,12-,14-,15+,17+/m0/s1. The summed E-state index contributed by atoms with van der Waals surface area (Å²) < 4.78 is 5.37. The molecule has 0 fully saturated rings. The molecule has 126 valence electrons. The summed E-state index contributed by atoms with van der Waals surface area (Å²) in [6.45, 7) is 8.52. The minimum absolute atomic E-state index is 0.103. The monoisotopic (exact) mass is 312 g/mol. The number of ether oxygens (including phenoxy) is 1. The summed E-state index contributed by atoms with van der Waals surface area (Å²) in [6, 6.07) is 0. The number of carbonyl (C=O) groups excluding carboxylic acids is 2. The van der Waals surface area contributed by atoms with E-state index in [0.29, 0.717) is 12.8 Å². The van der Waals surface area contributed by atoms with Crippen LogP contribution in [0.25, 0.3) is 0 Å². The van der Waals surface area contributed by atoms with Crippen LogP contribution in [0.15, 0.2) is 12.2 Å². The lowest BCUT2D eigenvalue weighted by atomic mass is 9.84. The average molecular weight is 312 g/mol. The molecule has 5 heteroatoms. The van der Waals surface area contributed by atoms with E-state index in [1.54, 1.807) is 20.8 Å². The smallest absolute Gasteiger partial charge is 0.311 e. The van der Waals surface area contributed by atoms with Gasteiger partial charge in [-0.2, -0.15) is 0 Å². The van der Waals surface area contributed by atoms with E-state index in [0.717, 1.165) is 0 Å². The van der Waals surface area contributed by atoms with Crippen molar-refractivity contribution in [1.82, 2.24) is 0 Å². The number of hydrogen-bond acceptors (Lipinski definition) is 5. The molecule has 0 aromatic carbocycles. The van der Waals surface area contributed by atoms with Crippen LogP contribution in [0.5, 0.6) is 0 Å². The lowest BCUT2D eigenvalue weighted by molar-refractivity contribution is -0.169. The van der Waals surface area contributed by atoms with Gasteiger partial charge in [-0.25, -0.2) is 0 Å². The first-order valence-electron chi connectivity index (χ1n) is 7.94. The van der Waals surface area contributed by atoms with Crippen LogP contribution >= 0.6 is 0 Å². The van der Waals surface area contributed by atoms with Gasteiger partial charge in [0.15, 0.2) is 5.78 Å². The van der Waals surface area contributed by atoms with E-state index in [2.05, 4.69) is 0 Å². The second kappa shape index (κ2) is 7.38. The van der Waals surface area contributed by atoms with E-state index in [1.165, 1.54) is 19.1 Å². The Labute approximate surface area is 132 Å². The van der Waals surface area contributed by atoms with E-state index in [4.69, 9.17) is 4.74 Å². The average Bonchev–Trinajstić information content (AvgIpc) is 2.47. The Hall–Kier alpha value is -1.20. The quantitative estimate of drug-likeness (QED) is 0.722. The van der Waals surface area contributed by atoms with Crippen molar-refractivity contribution in [3.63, 3.8) is 0 Å². The molecule has 1 aliphatic heterocycles. The summed E-state index contributed by atoms with van der Waals surface area (Å²) in [5.74, 6) is -1.81. The Kier molecular flexibility index (Phi) is 6.32. The first kappa shape index (κ1) is 18.8. The van der Waals surface area contributed by atoms with Crippen molar-refractivity contribution in [2.45, 2.75) is 65.3 Å². The van der Waals surface area contributed by atoms with Crippen molar-refractivity contribution in [3.05, 3.63) is 12.2 Å². The Balaban J connectivity index is 3.16. The molecular formula is C17H28O5. The van der Waals surface area contributed by atoms with Crippen LogP contribution in [0.3, 0.4) is 0 Å². The molecule has 2 N–H and O–H groups in total. The van der Waals surface area contributed by atoms with Crippen LogP contribution in [0.2, 0.25) is 0 Å². The highest BCUT2D eigenvalue weighted by molar-refractivity contribution is 5.91. The van der Waals surface area contributed by atoms with Crippen LogP contribution in [-0.4, -0.2) is 39.8 Å². The molecule has 0 bridgehead atoms. The van der Waals surface area contributed by atoms with Gasteiger partial charge in [-0.3, -0.25) is 9.59 Å². The van der Waals surface area contributed by atoms with E-state index in [-0.39, 0.29) is 17.6 Å². The number of carbonyl (C=O) groups is 2. The summed E-state index contributed by atoms with van der Waals surface area (Å²) >= 11 is 0. The number of aliphatic hydroxyl groups excluding tert-OH is 1. The normalized spacial score (nSPS) is 43.0. The lowest BCUT2D eigenvalue weighted by Gasteiger charge is -2.32. The molecule has 0 saturated carbocycles. The third-order valence-electron chi connectivity index (χ3n) is 4.54. The molecule has 22 heavy (non-hydrogen) atoms. The van der Waals surface area contributed by atoms with Gasteiger partial charge in [0, 0.05) is 5.92 Å². The van der Waals surface area contributed by atoms with E-state index < -0.39 is 29.7 Å². The Morgan fingerprint density at radius 2 is 1.91 bits per heavy atom. The molecule has 1 unspecified atom stereocenters. The molecule has 0 saturated heterocycles.